The van der Waals surface area contributed by atoms with Gasteiger partial charge in [-0.3, -0.25) is 20.2 Å². The molecule has 3 amide bonds. The third kappa shape index (κ3) is 2.53. The van der Waals surface area contributed by atoms with Crippen molar-refractivity contribution in [2.24, 2.45) is 0 Å². The Kier molecular flexibility index (Phi) is 3.54. The Morgan fingerprint density at radius 2 is 2.19 bits per heavy atom. The summed E-state index contributed by atoms with van der Waals surface area (Å²) in [6.45, 7) is 1.61. The molecule has 84 valence electrons. The zero-order chi connectivity index (χ0) is 12.1. The summed E-state index contributed by atoms with van der Waals surface area (Å²) < 4.78 is 0. The molecule has 0 bridgehead atoms. The molecule has 16 heavy (non-hydrogen) atoms. The maximum Gasteiger partial charge on any atom is 0.325 e. The van der Waals surface area contributed by atoms with E-state index in [0.29, 0.717) is 5.56 Å². The summed E-state index contributed by atoms with van der Waals surface area (Å²) in [5.41, 5.74) is 0.392. The number of nitro benzene ring substituents is 1. The molecular weight excluding hydrogens is 214 g/mol. The molecule has 7 heteroatoms. The quantitative estimate of drug-likeness (QED) is 0.456. The molecule has 1 aromatic carbocycles. The topological polar surface area (TPSA) is 101 Å². The van der Waals surface area contributed by atoms with E-state index >= 15 is 0 Å². The lowest BCUT2D eigenvalue weighted by atomic mass is 10.1. The van der Waals surface area contributed by atoms with Crippen LogP contribution in [0.15, 0.2) is 18.2 Å². The normalized spacial score (nSPS) is 9.31. The Balaban J connectivity index is 3.06. The second kappa shape index (κ2) is 4.87. The predicted molar refractivity (Wildman–Crippen MR) is 56.1 cm³/mol. The second-order valence-corrected chi connectivity index (χ2v) is 2.94. The lowest BCUT2D eigenvalue weighted by molar-refractivity contribution is -0.383. The van der Waals surface area contributed by atoms with Crippen LogP contribution in [0.25, 0.3) is 0 Å². The van der Waals surface area contributed by atoms with Gasteiger partial charge >= 0.3 is 6.03 Å². The fourth-order valence-electron chi connectivity index (χ4n) is 1.17. The number of carbonyl (C=O) groups is 2. The molecule has 0 fully saturated rings. The number of benzene rings is 1. The Morgan fingerprint density at radius 1 is 1.50 bits per heavy atom. The minimum absolute atomic E-state index is 0.0758. The third-order valence-electron chi connectivity index (χ3n) is 1.88. The predicted octanol–water partition coefficient (Wildman–Crippen LogP) is 1.18. The van der Waals surface area contributed by atoms with Crippen LogP contribution in [0.2, 0.25) is 0 Å². The highest BCUT2D eigenvalue weighted by Crippen LogP contribution is 2.27. The summed E-state index contributed by atoms with van der Waals surface area (Å²) in [5, 5.41) is 14.7. The Bertz CT molecular complexity index is 444. The molecule has 0 heterocycles. The number of nitro groups is 1. The number of rotatable bonds is 3. The second-order valence-electron chi connectivity index (χ2n) is 2.94. The van der Waals surface area contributed by atoms with Crippen molar-refractivity contribution in [3.05, 3.63) is 33.9 Å². The summed E-state index contributed by atoms with van der Waals surface area (Å²) in [4.78, 5) is 31.1. The van der Waals surface area contributed by atoms with E-state index < -0.39 is 11.0 Å². The number of carbonyl (C=O) groups excluding carboxylic acids is 2. The van der Waals surface area contributed by atoms with E-state index in [4.69, 9.17) is 0 Å². The minimum atomic E-state index is -0.813. The number of nitrogens with zero attached hydrogens (tertiary/aromatic N) is 1. The van der Waals surface area contributed by atoms with E-state index in [1.807, 2.05) is 5.32 Å². The lowest BCUT2D eigenvalue weighted by Gasteiger charge is -2.07. The van der Waals surface area contributed by atoms with Gasteiger partial charge < -0.3 is 5.32 Å². The largest absolute Gasteiger partial charge is 0.325 e. The van der Waals surface area contributed by atoms with E-state index in [9.17, 15) is 19.7 Å². The van der Waals surface area contributed by atoms with E-state index in [1.165, 1.54) is 12.1 Å². The number of nitrogens with one attached hydrogen (secondary N) is 2. The van der Waals surface area contributed by atoms with Gasteiger partial charge in [0.05, 0.1) is 4.92 Å². The fourth-order valence-corrected chi connectivity index (χ4v) is 1.17. The van der Waals surface area contributed by atoms with Crippen molar-refractivity contribution in [1.82, 2.24) is 5.32 Å². The van der Waals surface area contributed by atoms with Crippen molar-refractivity contribution in [2.45, 2.75) is 6.92 Å². The average Bonchev–Trinajstić information content (AvgIpc) is 2.21. The summed E-state index contributed by atoms with van der Waals surface area (Å²) in [5.74, 6) is 0. The Morgan fingerprint density at radius 3 is 2.75 bits per heavy atom. The van der Waals surface area contributed by atoms with Crippen LogP contribution in [0.3, 0.4) is 0 Å². The highest BCUT2D eigenvalue weighted by Gasteiger charge is 2.17. The first-order chi connectivity index (χ1) is 7.56. The van der Waals surface area contributed by atoms with Gasteiger partial charge in [-0.05, 0) is 12.5 Å². The Labute approximate surface area is 90.6 Å². The van der Waals surface area contributed by atoms with Gasteiger partial charge in [0.15, 0.2) is 0 Å². The number of imide groups is 1. The molecule has 0 unspecified atom stereocenters. The maximum atomic E-state index is 11.1. The maximum absolute atomic E-state index is 11.1. The molecule has 0 aliphatic rings. The van der Waals surface area contributed by atoms with E-state index in [1.54, 1.807) is 13.0 Å². The van der Waals surface area contributed by atoms with Gasteiger partial charge in [-0.1, -0.05) is 12.1 Å². The number of anilines is 1. The molecule has 1 aromatic rings. The number of amides is 3. The SMILES string of the molecule is Cc1cccc([N+](=O)[O-])c1NC(=O)NC=O. The van der Waals surface area contributed by atoms with Crippen LogP contribution in [0.1, 0.15) is 5.56 Å². The number of hydrogen-bond acceptors (Lipinski definition) is 4. The molecule has 0 radical (unpaired) electrons. The summed E-state index contributed by atoms with van der Waals surface area (Å²) in [6.07, 6.45) is 0.194. The molecule has 0 atom stereocenters. The number of hydrogen-bond donors (Lipinski definition) is 2. The van der Waals surface area contributed by atoms with Gasteiger partial charge in [0.2, 0.25) is 6.41 Å². The monoisotopic (exact) mass is 223 g/mol. The highest BCUT2D eigenvalue weighted by molar-refractivity contribution is 5.97. The minimum Gasteiger partial charge on any atom is -0.301 e. The van der Waals surface area contributed by atoms with Gasteiger partial charge in [-0.15, -0.1) is 0 Å². The van der Waals surface area contributed by atoms with Gasteiger partial charge in [0.25, 0.3) is 5.69 Å². The van der Waals surface area contributed by atoms with Crippen molar-refractivity contribution >= 4 is 23.8 Å². The van der Waals surface area contributed by atoms with Crippen LogP contribution in [0.5, 0.6) is 0 Å². The number of urea groups is 1. The average molecular weight is 223 g/mol. The van der Waals surface area contributed by atoms with Crippen LogP contribution in [0, 0.1) is 17.0 Å². The molecule has 0 aliphatic heterocycles. The summed E-state index contributed by atoms with van der Waals surface area (Å²) in [6, 6.07) is 3.58. The van der Waals surface area contributed by atoms with E-state index in [0.717, 1.165) is 0 Å². The number of para-hydroxylation sites is 1. The fraction of sp³-hybridized carbons (Fsp3) is 0.111. The van der Waals surface area contributed by atoms with Gasteiger partial charge in [0, 0.05) is 6.07 Å². The van der Waals surface area contributed by atoms with Crippen molar-refractivity contribution in [1.29, 1.82) is 0 Å². The van der Waals surface area contributed by atoms with Crippen LogP contribution in [-0.4, -0.2) is 17.4 Å². The molecule has 0 aliphatic carbocycles. The molecule has 0 aromatic heterocycles. The molecule has 0 saturated carbocycles. The molecule has 0 spiro atoms. The van der Waals surface area contributed by atoms with Gasteiger partial charge in [-0.25, -0.2) is 4.79 Å². The summed E-state index contributed by atoms with van der Waals surface area (Å²) >= 11 is 0. The van der Waals surface area contributed by atoms with Crippen LogP contribution in [0.4, 0.5) is 16.2 Å². The number of aryl methyl sites for hydroxylation is 1. The molecule has 7 nitrogen and oxygen atoms in total. The Hall–Kier alpha value is -2.44. The summed E-state index contributed by atoms with van der Waals surface area (Å²) in [7, 11) is 0. The molecule has 2 N–H and O–H groups in total. The van der Waals surface area contributed by atoms with Crippen molar-refractivity contribution in [2.75, 3.05) is 5.32 Å². The van der Waals surface area contributed by atoms with Crippen molar-refractivity contribution in [3.8, 4) is 0 Å². The van der Waals surface area contributed by atoms with Gasteiger partial charge in [-0.2, -0.15) is 0 Å². The molecular formula is C9H9N3O4. The standard InChI is InChI=1S/C9H9N3O4/c1-6-3-2-4-7(12(15)16)8(6)11-9(14)10-5-13/h2-5H,1H3,(H2,10,11,13,14). The first kappa shape index (κ1) is 11.6. The van der Waals surface area contributed by atoms with E-state index in [-0.39, 0.29) is 17.8 Å². The molecule has 1 rings (SSSR count). The highest BCUT2D eigenvalue weighted by atomic mass is 16.6. The smallest absolute Gasteiger partial charge is 0.301 e. The van der Waals surface area contributed by atoms with Crippen LogP contribution in [-0.2, 0) is 4.79 Å². The van der Waals surface area contributed by atoms with Crippen molar-refractivity contribution < 1.29 is 14.5 Å². The van der Waals surface area contributed by atoms with Crippen molar-refractivity contribution in [3.63, 3.8) is 0 Å². The first-order valence-corrected chi connectivity index (χ1v) is 4.31. The first-order valence-electron chi connectivity index (χ1n) is 4.31. The lowest BCUT2D eigenvalue weighted by Crippen LogP contribution is -2.27. The zero-order valence-corrected chi connectivity index (χ0v) is 8.39. The zero-order valence-electron chi connectivity index (χ0n) is 8.39. The third-order valence-corrected chi connectivity index (χ3v) is 1.88. The molecule has 0 saturated heterocycles. The van der Waals surface area contributed by atoms with Crippen LogP contribution >= 0.6 is 0 Å². The van der Waals surface area contributed by atoms with E-state index in [2.05, 4.69) is 5.32 Å². The van der Waals surface area contributed by atoms with Crippen LogP contribution < -0.4 is 10.6 Å². The van der Waals surface area contributed by atoms with Gasteiger partial charge in [0.1, 0.15) is 5.69 Å².